The second-order valence-electron chi connectivity index (χ2n) is 8.79. The van der Waals surface area contributed by atoms with E-state index in [4.69, 9.17) is 9.40 Å². The third-order valence-electron chi connectivity index (χ3n) is 5.38. The van der Waals surface area contributed by atoms with Crippen molar-refractivity contribution in [3.8, 4) is 11.3 Å². The number of fused-ring (bicyclic) bond motifs is 3. The van der Waals surface area contributed by atoms with Crippen LogP contribution in [-0.4, -0.2) is 13.1 Å². The number of hydrogen-bond donors (Lipinski definition) is 0. The lowest BCUT2D eigenvalue weighted by molar-refractivity contribution is 0.670. The number of aryl methyl sites for hydroxylation is 1. The van der Waals surface area contributed by atoms with Crippen molar-refractivity contribution in [2.75, 3.05) is 0 Å². The second-order valence-corrected chi connectivity index (χ2v) is 13.8. The largest absolute Gasteiger partial charge is 0.455 e. The van der Waals surface area contributed by atoms with Crippen molar-refractivity contribution in [1.82, 2.24) is 4.98 Å². The molecule has 4 aromatic rings. The Kier molecular flexibility index (Phi) is 4.23. The smallest absolute Gasteiger partial charge is 0.144 e. The van der Waals surface area contributed by atoms with Gasteiger partial charge in [-0.2, -0.15) is 0 Å². The molecule has 0 aliphatic heterocycles. The molecule has 138 valence electrons. The van der Waals surface area contributed by atoms with E-state index in [1.165, 1.54) is 27.1 Å². The zero-order valence-corrected chi connectivity index (χ0v) is 18.1. The Bertz CT molecular complexity index is 1150. The van der Waals surface area contributed by atoms with Gasteiger partial charge in [-0.05, 0) is 47.4 Å². The van der Waals surface area contributed by atoms with Crippen LogP contribution in [0, 0.1) is 6.92 Å². The van der Waals surface area contributed by atoms with Gasteiger partial charge in [0.25, 0.3) is 0 Å². The number of nitrogens with zero attached hydrogens (tertiary/aromatic N) is 1. The molecule has 0 N–H and O–H groups in total. The lowest BCUT2D eigenvalue weighted by Crippen LogP contribution is -2.37. The normalized spacial score (nSPS) is 12.4. The predicted molar refractivity (Wildman–Crippen MR) is 119 cm³/mol. The van der Waals surface area contributed by atoms with E-state index in [0.717, 1.165) is 22.4 Å². The Balaban J connectivity index is 2.05. The molecule has 0 radical (unpaired) electrons. The molecule has 0 aliphatic rings. The van der Waals surface area contributed by atoms with Crippen molar-refractivity contribution < 1.29 is 4.42 Å². The quantitative estimate of drug-likeness (QED) is 0.377. The van der Waals surface area contributed by atoms with Crippen LogP contribution in [0.2, 0.25) is 19.6 Å². The first-order chi connectivity index (χ1) is 12.8. The average molecular weight is 374 g/mol. The molecule has 2 aromatic carbocycles. The van der Waals surface area contributed by atoms with E-state index in [1.807, 2.05) is 12.3 Å². The Hall–Kier alpha value is -2.39. The van der Waals surface area contributed by atoms with Crippen LogP contribution in [0.4, 0.5) is 0 Å². The number of benzene rings is 2. The van der Waals surface area contributed by atoms with E-state index >= 15 is 0 Å². The number of rotatable bonds is 3. The van der Waals surface area contributed by atoms with Gasteiger partial charge in [-0.25, -0.2) is 0 Å². The van der Waals surface area contributed by atoms with Crippen LogP contribution in [0.15, 0.2) is 53.1 Å². The summed E-state index contributed by atoms with van der Waals surface area (Å²) < 4.78 is 6.37. The maximum absolute atomic E-state index is 6.37. The van der Waals surface area contributed by atoms with Crippen LogP contribution in [0.25, 0.3) is 33.2 Å². The highest BCUT2D eigenvalue weighted by Gasteiger charge is 2.24. The summed E-state index contributed by atoms with van der Waals surface area (Å²) in [4.78, 5) is 4.79. The van der Waals surface area contributed by atoms with Gasteiger partial charge in [0.05, 0.1) is 13.8 Å². The highest BCUT2D eigenvalue weighted by atomic mass is 28.3. The molecule has 4 rings (SSSR count). The summed E-state index contributed by atoms with van der Waals surface area (Å²) in [5.74, 6) is 0.479. The van der Waals surface area contributed by atoms with Gasteiger partial charge in [-0.1, -0.05) is 57.8 Å². The molecule has 0 bridgehead atoms. The third-order valence-corrected chi connectivity index (χ3v) is 7.42. The molecule has 2 nitrogen and oxygen atoms in total. The van der Waals surface area contributed by atoms with E-state index in [2.05, 4.69) is 76.8 Å². The Morgan fingerprint density at radius 2 is 1.74 bits per heavy atom. The zero-order chi connectivity index (χ0) is 19.3. The fourth-order valence-corrected chi connectivity index (χ4v) is 5.55. The van der Waals surface area contributed by atoms with Gasteiger partial charge in [0, 0.05) is 22.5 Å². The fourth-order valence-electron chi connectivity index (χ4n) is 3.97. The minimum atomic E-state index is -1.52. The Labute approximate surface area is 162 Å². The van der Waals surface area contributed by atoms with Crippen LogP contribution < -0.4 is 5.19 Å². The molecule has 3 heteroatoms. The topological polar surface area (TPSA) is 26.0 Å². The highest BCUT2D eigenvalue weighted by Crippen LogP contribution is 2.36. The van der Waals surface area contributed by atoms with E-state index in [9.17, 15) is 0 Å². The van der Waals surface area contributed by atoms with Crippen molar-refractivity contribution in [1.29, 1.82) is 0 Å². The van der Waals surface area contributed by atoms with Crippen molar-refractivity contribution in [3.63, 3.8) is 0 Å². The average Bonchev–Trinajstić information content (AvgIpc) is 2.99. The fraction of sp³-hybridized carbons (Fsp3) is 0.292. The van der Waals surface area contributed by atoms with Gasteiger partial charge in [-0.15, -0.1) is 0 Å². The predicted octanol–water partition coefficient (Wildman–Crippen LogP) is 6.63. The van der Waals surface area contributed by atoms with Crippen LogP contribution in [0.3, 0.4) is 0 Å². The van der Waals surface area contributed by atoms with Gasteiger partial charge < -0.3 is 4.42 Å². The van der Waals surface area contributed by atoms with Crippen LogP contribution in [-0.2, 0) is 0 Å². The molecule has 27 heavy (non-hydrogen) atoms. The zero-order valence-electron chi connectivity index (χ0n) is 17.1. The standard InChI is InChI=1S/C24H27NOSi/c1-15(2)19-14-25-20(13-16(19)3)17-11-12-22(27(4,5)6)23-18-9-7-8-10-21(18)26-24(17)23/h7-15H,1-6H3. The molecule has 0 saturated carbocycles. The van der Waals surface area contributed by atoms with Crippen molar-refractivity contribution >= 4 is 35.2 Å². The number of hydrogen-bond acceptors (Lipinski definition) is 2. The molecular weight excluding hydrogens is 346 g/mol. The first-order valence-electron chi connectivity index (χ1n) is 9.69. The molecule has 2 heterocycles. The molecule has 0 aliphatic carbocycles. The second kappa shape index (κ2) is 6.34. The summed E-state index contributed by atoms with van der Waals surface area (Å²) in [7, 11) is -1.52. The summed E-state index contributed by atoms with van der Waals surface area (Å²) >= 11 is 0. The van der Waals surface area contributed by atoms with Crippen molar-refractivity contribution in [2.45, 2.75) is 46.3 Å². The third kappa shape index (κ3) is 3.00. The van der Waals surface area contributed by atoms with E-state index < -0.39 is 8.07 Å². The van der Waals surface area contributed by atoms with E-state index in [-0.39, 0.29) is 0 Å². The van der Waals surface area contributed by atoms with Crippen LogP contribution in [0.1, 0.15) is 30.9 Å². The number of furan rings is 1. The lowest BCUT2D eigenvalue weighted by Gasteiger charge is -2.19. The molecule has 0 spiro atoms. The minimum absolute atomic E-state index is 0.479. The molecule has 0 fully saturated rings. The van der Waals surface area contributed by atoms with E-state index in [1.54, 1.807) is 0 Å². The monoisotopic (exact) mass is 373 g/mol. The highest BCUT2D eigenvalue weighted by molar-refractivity contribution is 6.90. The van der Waals surface area contributed by atoms with Crippen LogP contribution >= 0.6 is 0 Å². The molecule has 0 unspecified atom stereocenters. The minimum Gasteiger partial charge on any atom is -0.455 e. The van der Waals surface area contributed by atoms with Crippen molar-refractivity contribution in [3.05, 3.63) is 59.8 Å². The Morgan fingerprint density at radius 1 is 1.00 bits per heavy atom. The SMILES string of the molecule is Cc1cc(-c2ccc([Si](C)(C)C)c3c2oc2ccccc23)ncc1C(C)C. The number of aromatic nitrogens is 1. The maximum Gasteiger partial charge on any atom is 0.144 e. The maximum atomic E-state index is 6.37. The number of pyridine rings is 1. The first-order valence-corrected chi connectivity index (χ1v) is 13.2. The molecule has 0 saturated heterocycles. The first kappa shape index (κ1) is 18.0. The molecular formula is C24H27NOSi. The molecule has 0 atom stereocenters. The summed E-state index contributed by atoms with van der Waals surface area (Å²) in [6.45, 7) is 13.8. The van der Waals surface area contributed by atoms with Gasteiger partial charge in [0.2, 0.25) is 0 Å². The van der Waals surface area contributed by atoms with Gasteiger partial charge in [-0.3, -0.25) is 4.98 Å². The van der Waals surface area contributed by atoms with Crippen molar-refractivity contribution in [2.24, 2.45) is 0 Å². The van der Waals surface area contributed by atoms with Gasteiger partial charge >= 0.3 is 0 Å². The summed E-state index contributed by atoms with van der Waals surface area (Å²) in [6.07, 6.45) is 2.02. The summed E-state index contributed by atoms with van der Waals surface area (Å²) in [5.41, 5.74) is 6.59. The van der Waals surface area contributed by atoms with E-state index in [0.29, 0.717) is 5.92 Å². The van der Waals surface area contributed by atoms with Crippen LogP contribution in [0.5, 0.6) is 0 Å². The number of para-hydroxylation sites is 1. The molecule has 2 aromatic heterocycles. The molecule has 0 amide bonds. The summed E-state index contributed by atoms with van der Waals surface area (Å²) in [6, 6.07) is 15.1. The summed E-state index contributed by atoms with van der Waals surface area (Å²) in [5, 5.41) is 3.93. The van der Waals surface area contributed by atoms with Gasteiger partial charge in [0.15, 0.2) is 0 Å². The Morgan fingerprint density at radius 3 is 2.41 bits per heavy atom. The van der Waals surface area contributed by atoms with Gasteiger partial charge in [0.1, 0.15) is 11.2 Å². The lowest BCUT2D eigenvalue weighted by atomic mass is 9.98.